The normalized spacial score (nSPS) is 15.3. The number of aryl methyl sites for hydroxylation is 1. The van der Waals surface area contributed by atoms with Gasteiger partial charge in [-0.2, -0.15) is 0 Å². The van der Waals surface area contributed by atoms with Gasteiger partial charge in [-0.1, -0.05) is 6.07 Å². The largest absolute Gasteiger partial charge is 0.465 e. The van der Waals surface area contributed by atoms with Gasteiger partial charge >= 0.3 is 0 Å². The Morgan fingerprint density at radius 1 is 1.27 bits per heavy atom. The van der Waals surface area contributed by atoms with Gasteiger partial charge in [0.15, 0.2) is 0 Å². The second kappa shape index (κ2) is 5.02. The molecule has 0 bridgehead atoms. The summed E-state index contributed by atoms with van der Waals surface area (Å²) in [7, 11) is 0. The minimum Gasteiger partial charge on any atom is -0.465 e. The molecule has 1 aromatic heterocycles. The minimum atomic E-state index is -0.559. The molecule has 1 aliphatic heterocycles. The standard InChI is InChI=1S/C17H18N2O3/c1-10-4-6-12(22-10)9-18-15(20)11-5-7-13-14(8-11)19-16(21)17(13,2)3/h4-8H,9H2,1-3H3,(H,18,20)(H,19,21). The first-order valence-corrected chi connectivity index (χ1v) is 7.17. The number of hydrogen-bond donors (Lipinski definition) is 2. The molecule has 0 saturated heterocycles. The summed E-state index contributed by atoms with van der Waals surface area (Å²) in [6.07, 6.45) is 0. The summed E-state index contributed by atoms with van der Waals surface area (Å²) in [5.41, 5.74) is 1.57. The molecule has 2 N–H and O–H groups in total. The van der Waals surface area contributed by atoms with Crippen LogP contribution in [0, 0.1) is 6.92 Å². The topological polar surface area (TPSA) is 71.3 Å². The van der Waals surface area contributed by atoms with Crippen LogP contribution < -0.4 is 10.6 Å². The van der Waals surface area contributed by atoms with E-state index < -0.39 is 5.41 Å². The van der Waals surface area contributed by atoms with Crippen LogP contribution in [0.25, 0.3) is 0 Å². The van der Waals surface area contributed by atoms with Crippen molar-refractivity contribution < 1.29 is 14.0 Å². The predicted octanol–water partition coefficient (Wildman–Crippen LogP) is 2.75. The average Bonchev–Trinajstić information content (AvgIpc) is 2.98. The Morgan fingerprint density at radius 2 is 2.05 bits per heavy atom. The van der Waals surface area contributed by atoms with Crippen LogP contribution in [0.3, 0.4) is 0 Å². The van der Waals surface area contributed by atoms with Crippen LogP contribution in [0.4, 0.5) is 5.69 Å². The number of furan rings is 1. The zero-order valence-corrected chi connectivity index (χ0v) is 12.8. The first-order chi connectivity index (χ1) is 10.4. The molecule has 0 radical (unpaired) electrons. The maximum Gasteiger partial charge on any atom is 0.251 e. The highest BCUT2D eigenvalue weighted by Crippen LogP contribution is 2.37. The number of carbonyl (C=O) groups excluding carboxylic acids is 2. The van der Waals surface area contributed by atoms with E-state index in [2.05, 4.69) is 10.6 Å². The third-order valence-electron chi connectivity index (χ3n) is 3.99. The predicted molar refractivity (Wildman–Crippen MR) is 82.7 cm³/mol. The molecule has 114 valence electrons. The van der Waals surface area contributed by atoms with E-state index in [4.69, 9.17) is 4.42 Å². The van der Waals surface area contributed by atoms with E-state index in [0.29, 0.717) is 23.6 Å². The number of hydrogen-bond acceptors (Lipinski definition) is 3. The second-order valence-electron chi connectivity index (χ2n) is 6.03. The number of carbonyl (C=O) groups is 2. The van der Waals surface area contributed by atoms with E-state index in [1.165, 1.54) is 0 Å². The van der Waals surface area contributed by atoms with Crippen molar-refractivity contribution in [1.29, 1.82) is 0 Å². The fourth-order valence-electron chi connectivity index (χ4n) is 2.58. The molecule has 5 heteroatoms. The van der Waals surface area contributed by atoms with E-state index in [-0.39, 0.29) is 11.8 Å². The van der Waals surface area contributed by atoms with Crippen LogP contribution in [-0.2, 0) is 16.8 Å². The fraction of sp³-hybridized carbons (Fsp3) is 0.294. The quantitative estimate of drug-likeness (QED) is 0.915. The zero-order chi connectivity index (χ0) is 15.9. The van der Waals surface area contributed by atoms with Crippen molar-refractivity contribution in [3.8, 4) is 0 Å². The second-order valence-corrected chi connectivity index (χ2v) is 6.03. The van der Waals surface area contributed by atoms with Gasteiger partial charge in [0.1, 0.15) is 11.5 Å². The summed E-state index contributed by atoms with van der Waals surface area (Å²) >= 11 is 0. The first kappa shape index (κ1) is 14.4. The zero-order valence-electron chi connectivity index (χ0n) is 12.8. The van der Waals surface area contributed by atoms with Crippen molar-refractivity contribution in [2.75, 3.05) is 5.32 Å². The molecule has 1 aliphatic rings. The molecule has 1 aromatic carbocycles. The maximum absolute atomic E-state index is 12.2. The Labute approximate surface area is 128 Å². The summed E-state index contributed by atoms with van der Waals surface area (Å²) in [6.45, 7) is 5.93. The Bertz CT molecular complexity index is 759. The van der Waals surface area contributed by atoms with Crippen molar-refractivity contribution >= 4 is 17.5 Å². The van der Waals surface area contributed by atoms with Gasteiger partial charge in [-0.15, -0.1) is 0 Å². The molecule has 5 nitrogen and oxygen atoms in total. The number of rotatable bonds is 3. The molecule has 0 fully saturated rings. The molecular formula is C17H18N2O3. The number of amides is 2. The lowest BCUT2D eigenvalue weighted by Gasteiger charge is -2.14. The number of nitrogens with one attached hydrogen (secondary N) is 2. The molecule has 0 aliphatic carbocycles. The summed E-state index contributed by atoms with van der Waals surface area (Å²) in [5, 5.41) is 5.63. The van der Waals surface area contributed by atoms with E-state index >= 15 is 0 Å². The third-order valence-corrected chi connectivity index (χ3v) is 3.99. The van der Waals surface area contributed by atoms with E-state index in [9.17, 15) is 9.59 Å². The first-order valence-electron chi connectivity index (χ1n) is 7.17. The molecule has 0 unspecified atom stereocenters. The highest BCUT2D eigenvalue weighted by molar-refractivity contribution is 6.07. The van der Waals surface area contributed by atoms with E-state index in [1.54, 1.807) is 12.1 Å². The highest BCUT2D eigenvalue weighted by Gasteiger charge is 2.38. The number of benzene rings is 1. The van der Waals surface area contributed by atoms with Crippen LogP contribution in [0.1, 0.15) is 41.3 Å². The lowest BCUT2D eigenvalue weighted by atomic mass is 9.86. The van der Waals surface area contributed by atoms with Crippen LogP contribution in [0.2, 0.25) is 0 Å². The van der Waals surface area contributed by atoms with Gasteiger partial charge in [-0.05, 0) is 50.6 Å². The van der Waals surface area contributed by atoms with E-state index in [0.717, 1.165) is 11.3 Å². The lowest BCUT2D eigenvalue weighted by molar-refractivity contribution is -0.119. The van der Waals surface area contributed by atoms with E-state index in [1.807, 2.05) is 39.0 Å². The van der Waals surface area contributed by atoms with Gasteiger partial charge in [0, 0.05) is 11.3 Å². The van der Waals surface area contributed by atoms with Gasteiger partial charge < -0.3 is 15.1 Å². The monoisotopic (exact) mass is 298 g/mol. The van der Waals surface area contributed by atoms with Crippen molar-refractivity contribution in [3.63, 3.8) is 0 Å². The van der Waals surface area contributed by atoms with Crippen molar-refractivity contribution in [1.82, 2.24) is 5.32 Å². The van der Waals surface area contributed by atoms with Gasteiger partial charge in [0.05, 0.1) is 12.0 Å². The molecule has 0 saturated carbocycles. The van der Waals surface area contributed by atoms with Crippen LogP contribution in [-0.4, -0.2) is 11.8 Å². The molecule has 0 atom stereocenters. The molecular weight excluding hydrogens is 280 g/mol. The summed E-state index contributed by atoms with van der Waals surface area (Å²) in [5.74, 6) is 1.27. The molecule has 2 aromatic rings. The van der Waals surface area contributed by atoms with Crippen LogP contribution >= 0.6 is 0 Å². The van der Waals surface area contributed by atoms with Crippen LogP contribution in [0.15, 0.2) is 34.7 Å². The molecule has 3 rings (SSSR count). The van der Waals surface area contributed by atoms with Crippen LogP contribution in [0.5, 0.6) is 0 Å². The lowest BCUT2D eigenvalue weighted by Crippen LogP contribution is -2.26. The molecule has 2 heterocycles. The van der Waals surface area contributed by atoms with Gasteiger partial charge in [0.2, 0.25) is 5.91 Å². The highest BCUT2D eigenvalue weighted by atomic mass is 16.3. The third kappa shape index (κ3) is 2.39. The Morgan fingerprint density at radius 3 is 2.73 bits per heavy atom. The summed E-state index contributed by atoms with van der Waals surface area (Å²) < 4.78 is 5.41. The fourth-order valence-corrected chi connectivity index (χ4v) is 2.58. The van der Waals surface area contributed by atoms with Gasteiger partial charge in [-0.25, -0.2) is 0 Å². The van der Waals surface area contributed by atoms with Gasteiger partial charge in [0.25, 0.3) is 5.91 Å². The molecule has 0 spiro atoms. The van der Waals surface area contributed by atoms with Crippen molar-refractivity contribution in [3.05, 3.63) is 53.0 Å². The Hall–Kier alpha value is -2.56. The number of fused-ring (bicyclic) bond motifs is 1. The molecule has 2 amide bonds. The van der Waals surface area contributed by atoms with Gasteiger partial charge in [-0.3, -0.25) is 9.59 Å². The van der Waals surface area contributed by atoms with Crippen molar-refractivity contribution in [2.24, 2.45) is 0 Å². The number of anilines is 1. The SMILES string of the molecule is Cc1ccc(CNC(=O)c2ccc3c(c2)NC(=O)C3(C)C)o1. The Balaban J connectivity index is 1.75. The Kier molecular flexibility index (Phi) is 3.28. The molecule has 22 heavy (non-hydrogen) atoms. The smallest absolute Gasteiger partial charge is 0.251 e. The average molecular weight is 298 g/mol. The van der Waals surface area contributed by atoms with Crippen molar-refractivity contribution in [2.45, 2.75) is 32.7 Å². The minimum absolute atomic E-state index is 0.0499. The maximum atomic E-state index is 12.2. The summed E-state index contributed by atoms with van der Waals surface area (Å²) in [6, 6.07) is 8.98. The summed E-state index contributed by atoms with van der Waals surface area (Å²) in [4.78, 5) is 24.1.